The van der Waals surface area contributed by atoms with Crippen LogP contribution >= 0.6 is 0 Å². The average Bonchev–Trinajstić information content (AvgIpc) is 2.36. The molecule has 19 heavy (non-hydrogen) atoms. The van der Waals surface area contributed by atoms with Crippen molar-refractivity contribution < 1.29 is 0 Å². The number of hydrogen-bond donors (Lipinski definition) is 1. The Hall–Kier alpha value is -1.02. The topological polar surface area (TPSA) is 29.3 Å². The van der Waals surface area contributed by atoms with Gasteiger partial charge in [0.1, 0.15) is 0 Å². The van der Waals surface area contributed by atoms with Crippen LogP contribution in [0.1, 0.15) is 44.2 Å². The summed E-state index contributed by atoms with van der Waals surface area (Å²) in [7, 11) is 0. The fourth-order valence-electron chi connectivity index (χ4n) is 3.52. The summed E-state index contributed by atoms with van der Waals surface area (Å²) in [6, 6.07) is 6.66. The van der Waals surface area contributed by atoms with E-state index in [9.17, 15) is 0 Å². The molecule has 106 valence electrons. The number of nitrogens with two attached hydrogens (primary N) is 1. The van der Waals surface area contributed by atoms with Gasteiger partial charge >= 0.3 is 0 Å². The van der Waals surface area contributed by atoms with Crippen LogP contribution in [-0.4, -0.2) is 18.6 Å². The van der Waals surface area contributed by atoms with Crippen molar-refractivity contribution in [2.45, 2.75) is 52.5 Å². The molecule has 0 amide bonds. The zero-order valence-corrected chi connectivity index (χ0v) is 12.9. The van der Waals surface area contributed by atoms with Crippen LogP contribution in [0.2, 0.25) is 0 Å². The zero-order chi connectivity index (χ0) is 14.0. The third-order valence-electron chi connectivity index (χ3n) is 5.01. The zero-order valence-electron chi connectivity index (χ0n) is 12.9. The second kappa shape index (κ2) is 5.54. The first-order chi connectivity index (χ1) is 8.98. The summed E-state index contributed by atoms with van der Waals surface area (Å²) < 4.78 is 0. The fraction of sp³-hybridized carbons (Fsp3) is 0.647. The Bertz CT molecular complexity index is 435. The highest BCUT2D eigenvalue weighted by molar-refractivity contribution is 5.58. The van der Waals surface area contributed by atoms with E-state index in [1.54, 1.807) is 0 Å². The predicted octanol–water partition coefficient (Wildman–Crippen LogP) is 3.65. The van der Waals surface area contributed by atoms with Crippen molar-refractivity contribution in [1.29, 1.82) is 0 Å². The van der Waals surface area contributed by atoms with Crippen LogP contribution in [0.3, 0.4) is 0 Å². The molecule has 1 saturated heterocycles. The van der Waals surface area contributed by atoms with Gasteiger partial charge in [-0.25, -0.2) is 0 Å². The van der Waals surface area contributed by atoms with Crippen LogP contribution in [0.5, 0.6) is 0 Å². The number of rotatable bonds is 3. The largest absolute Gasteiger partial charge is 0.366 e. The standard InChI is InChI=1S/C17H28N2/c1-13-7-5-9-16(14(13)2)19-12-6-8-15(10-11-18)17(19,3)4/h5,7,9,15H,6,8,10-12,18H2,1-4H3. The Morgan fingerprint density at radius 2 is 2.05 bits per heavy atom. The van der Waals surface area contributed by atoms with Gasteiger partial charge in [-0.3, -0.25) is 0 Å². The third-order valence-corrected chi connectivity index (χ3v) is 5.01. The van der Waals surface area contributed by atoms with E-state index in [1.165, 1.54) is 36.2 Å². The molecule has 0 radical (unpaired) electrons. The van der Waals surface area contributed by atoms with Gasteiger partial charge in [-0.15, -0.1) is 0 Å². The van der Waals surface area contributed by atoms with Crippen molar-refractivity contribution in [3.05, 3.63) is 29.3 Å². The summed E-state index contributed by atoms with van der Waals surface area (Å²) in [6.45, 7) is 11.2. The molecular formula is C17H28N2. The van der Waals surface area contributed by atoms with Crippen molar-refractivity contribution in [3.63, 3.8) is 0 Å². The highest BCUT2D eigenvalue weighted by Crippen LogP contribution is 2.39. The van der Waals surface area contributed by atoms with Gasteiger partial charge in [-0.1, -0.05) is 12.1 Å². The van der Waals surface area contributed by atoms with Crippen LogP contribution in [0.15, 0.2) is 18.2 Å². The molecule has 1 aromatic rings. The van der Waals surface area contributed by atoms with Crippen LogP contribution in [0.25, 0.3) is 0 Å². The molecule has 1 heterocycles. The Morgan fingerprint density at radius 1 is 1.32 bits per heavy atom. The normalized spacial score (nSPS) is 22.6. The summed E-state index contributed by atoms with van der Waals surface area (Å²) in [4.78, 5) is 2.61. The molecule has 0 saturated carbocycles. The minimum absolute atomic E-state index is 0.205. The highest BCUT2D eigenvalue weighted by Gasteiger charge is 2.38. The maximum Gasteiger partial charge on any atom is 0.0403 e. The Morgan fingerprint density at radius 3 is 2.74 bits per heavy atom. The van der Waals surface area contributed by atoms with Crippen molar-refractivity contribution >= 4 is 5.69 Å². The average molecular weight is 260 g/mol. The first kappa shape index (κ1) is 14.4. The van der Waals surface area contributed by atoms with Crippen molar-refractivity contribution in [1.82, 2.24) is 0 Å². The number of benzene rings is 1. The molecule has 1 aromatic carbocycles. The lowest BCUT2D eigenvalue weighted by molar-refractivity contribution is 0.227. The van der Waals surface area contributed by atoms with Crippen molar-refractivity contribution in [2.75, 3.05) is 18.0 Å². The number of aryl methyl sites for hydroxylation is 1. The molecule has 0 spiro atoms. The Balaban J connectivity index is 2.35. The molecule has 2 N–H and O–H groups in total. The van der Waals surface area contributed by atoms with Crippen LogP contribution in [0.4, 0.5) is 5.69 Å². The number of hydrogen-bond acceptors (Lipinski definition) is 2. The van der Waals surface area contributed by atoms with Crippen LogP contribution < -0.4 is 10.6 Å². The Kier molecular flexibility index (Phi) is 4.19. The number of anilines is 1. The highest BCUT2D eigenvalue weighted by atomic mass is 15.2. The lowest BCUT2D eigenvalue weighted by Gasteiger charge is -2.50. The SMILES string of the molecule is Cc1cccc(N2CCCC(CCN)C2(C)C)c1C. The van der Waals surface area contributed by atoms with Gasteiger partial charge in [0.25, 0.3) is 0 Å². The molecular weight excluding hydrogens is 232 g/mol. The summed E-state index contributed by atoms with van der Waals surface area (Å²) in [6.07, 6.45) is 3.72. The summed E-state index contributed by atoms with van der Waals surface area (Å²) in [5.41, 5.74) is 10.2. The van der Waals surface area contributed by atoms with Crippen LogP contribution in [0, 0.1) is 19.8 Å². The van der Waals surface area contributed by atoms with Gasteiger partial charge in [0.2, 0.25) is 0 Å². The predicted molar refractivity (Wildman–Crippen MR) is 83.7 cm³/mol. The first-order valence-electron chi connectivity index (χ1n) is 7.52. The lowest BCUT2D eigenvalue weighted by Crippen LogP contribution is -2.54. The van der Waals surface area contributed by atoms with E-state index in [0.29, 0.717) is 5.92 Å². The molecule has 1 aliphatic rings. The second-order valence-electron chi connectivity index (χ2n) is 6.44. The molecule has 1 fully saturated rings. The van der Waals surface area contributed by atoms with Crippen molar-refractivity contribution in [2.24, 2.45) is 11.7 Å². The van der Waals surface area contributed by atoms with E-state index in [2.05, 4.69) is 50.8 Å². The smallest absolute Gasteiger partial charge is 0.0403 e. The maximum absolute atomic E-state index is 5.80. The maximum atomic E-state index is 5.80. The van der Waals surface area contributed by atoms with Gasteiger partial charge in [-0.2, -0.15) is 0 Å². The second-order valence-corrected chi connectivity index (χ2v) is 6.44. The third kappa shape index (κ3) is 2.64. The van der Waals surface area contributed by atoms with Crippen molar-refractivity contribution in [3.8, 4) is 0 Å². The number of piperidine rings is 1. The molecule has 2 heteroatoms. The molecule has 0 aromatic heterocycles. The first-order valence-corrected chi connectivity index (χ1v) is 7.52. The molecule has 0 aliphatic carbocycles. The van der Waals surface area contributed by atoms with Gasteiger partial charge in [0, 0.05) is 17.8 Å². The van der Waals surface area contributed by atoms with E-state index in [-0.39, 0.29) is 5.54 Å². The summed E-state index contributed by atoms with van der Waals surface area (Å²) in [5, 5.41) is 0. The Labute approximate surface area is 118 Å². The van der Waals surface area contributed by atoms with Gasteiger partial charge in [-0.05, 0) is 76.6 Å². The van der Waals surface area contributed by atoms with E-state index in [4.69, 9.17) is 5.73 Å². The van der Waals surface area contributed by atoms with Gasteiger partial charge in [0.05, 0.1) is 0 Å². The van der Waals surface area contributed by atoms with Gasteiger partial charge in [0.15, 0.2) is 0 Å². The minimum atomic E-state index is 0.205. The van der Waals surface area contributed by atoms with E-state index in [1.807, 2.05) is 0 Å². The monoisotopic (exact) mass is 260 g/mol. The molecule has 2 nitrogen and oxygen atoms in total. The van der Waals surface area contributed by atoms with Gasteiger partial charge < -0.3 is 10.6 Å². The van der Waals surface area contributed by atoms with E-state index in [0.717, 1.165) is 13.0 Å². The van der Waals surface area contributed by atoms with E-state index >= 15 is 0 Å². The lowest BCUT2D eigenvalue weighted by atomic mass is 9.76. The molecule has 1 aliphatic heterocycles. The summed E-state index contributed by atoms with van der Waals surface area (Å²) >= 11 is 0. The number of nitrogens with zero attached hydrogens (tertiary/aromatic N) is 1. The molecule has 0 bridgehead atoms. The molecule has 1 atom stereocenters. The van der Waals surface area contributed by atoms with Crippen LogP contribution in [-0.2, 0) is 0 Å². The quantitative estimate of drug-likeness (QED) is 0.899. The molecule has 2 rings (SSSR count). The van der Waals surface area contributed by atoms with E-state index < -0.39 is 0 Å². The summed E-state index contributed by atoms with van der Waals surface area (Å²) in [5.74, 6) is 0.700. The fourth-order valence-corrected chi connectivity index (χ4v) is 3.52. The molecule has 1 unspecified atom stereocenters. The minimum Gasteiger partial charge on any atom is -0.366 e.